The monoisotopic (exact) mass is 224 g/mol. The van der Waals surface area contributed by atoms with Gasteiger partial charge in [-0.05, 0) is 6.92 Å². The molecule has 0 aliphatic heterocycles. The van der Waals surface area contributed by atoms with Crippen molar-refractivity contribution in [1.29, 1.82) is 0 Å². The molecule has 6 heteroatoms. The van der Waals surface area contributed by atoms with E-state index in [1.165, 1.54) is 0 Å². The van der Waals surface area contributed by atoms with Crippen molar-refractivity contribution in [2.24, 2.45) is 0 Å². The highest BCUT2D eigenvalue weighted by atomic mass is 16.3. The summed E-state index contributed by atoms with van der Waals surface area (Å²) in [7, 11) is 0. The predicted octanol–water partition coefficient (Wildman–Crippen LogP) is 0.784. The molecule has 2 aromatic rings. The van der Waals surface area contributed by atoms with Crippen LogP contribution in [0.5, 0.6) is 0 Å². The maximum absolute atomic E-state index is 8.82. The first-order valence-corrected chi connectivity index (χ1v) is 5.25. The van der Waals surface area contributed by atoms with Crippen molar-refractivity contribution in [3.8, 4) is 0 Å². The number of fused-ring (bicyclic) bond motifs is 1. The Morgan fingerprint density at radius 1 is 1.50 bits per heavy atom. The number of hydrogen-bond acceptors (Lipinski definition) is 5. The number of nitrogen functional groups attached to an aromatic ring is 1. The van der Waals surface area contributed by atoms with Gasteiger partial charge >= 0.3 is 0 Å². The molecule has 0 radical (unpaired) electrons. The van der Waals surface area contributed by atoms with Crippen LogP contribution in [-0.2, 0) is 0 Å². The molecule has 0 spiro atoms. The van der Waals surface area contributed by atoms with Gasteiger partial charge in [0.15, 0.2) is 11.5 Å². The van der Waals surface area contributed by atoms with Gasteiger partial charge in [0, 0.05) is 18.7 Å². The molecular formula is C10H16N4O2. The van der Waals surface area contributed by atoms with E-state index in [9.17, 15) is 0 Å². The zero-order chi connectivity index (χ0) is 11.5. The standard InChI is InChI=1S/C10H16N4O2/c1-2-12-10-6-8-7(5-9(11)16-8)14(10)13-3-4-15/h5-6,12-13,15H,2-4,11H2,1H3. The fourth-order valence-electron chi connectivity index (χ4n) is 1.65. The van der Waals surface area contributed by atoms with Crippen molar-refractivity contribution in [2.75, 3.05) is 36.2 Å². The van der Waals surface area contributed by atoms with Crippen molar-refractivity contribution in [1.82, 2.24) is 4.68 Å². The van der Waals surface area contributed by atoms with E-state index in [1.807, 2.05) is 17.7 Å². The third kappa shape index (κ3) is 1.79. The summed E-state index contributed by atoms with van der Waals surface area (Å²) in [6.07, 6.45) is 0. The Kier molecular flexibility index (Phi) is 2.91. The van der Waals surface area contributed by atoms with Gasteiger partial charge in [0.05, 0.1) is 13.2 Å². The highest BCUT2D eigenvalue weighted by Crippen LogP contribution is 2.26. The largest absolute Gasteiger partial charge is 0.439 e. The number of nitrogens with two attached hydrogens (primary N) is 1. The molecule has 0 aliphatic carbocycles. The lowest BCUT2D eigenvalue weighted by Gasteiger charge is -2.11. The summed E-state index contributed by atoms with van der Waals surface area (Å²) >= 11 is 0. The molecule has 6 nitrogen and oxygen atoms in total. The molecule has 2 aromatic heterocycles. The predicted molar refractivity (Wildman–Crippen MR) is 64.1 cm³/mol. The molecule has 0 fully saturated rings. The molecule has 0 amide bonds. The van der Waals surface area contributed by atoms with Crippen LogP contribution in [-0.4, -0.2) is 29.5 Å². The van der Waals surface area contributed by atoms with Crippen molar-refractivity contribution in [3.05, 3.63) is 12.1 Å². The van der Waals surface area contributed by atoms with E-state index < -0.39 is 0 Å². The summed E-state index contributed by atoms with van der Waals surface area (Å²) < 4.78 is 7.16. The summed E-state index contributed by atoms with van der Waals surface area (Å²) in [5.41, 5.74) is 10.2. The van der Waals surface area contributed by atoms with Crippen LogP contribution >= 0.6 is 0 Å². The third-order valence-corrected chi connectivity index (χ3v) is 2.25. The molecule has 0 aliphatic rings. The number of aliphatic hydroxyl groups excluding tert-OH is 1. The molecule has 5 N–H and O–H groups in total. The molecule has 0 saturated carbocycles. The number of nitrogens with one attached hydrogen (secondary N) is 2. The minimum absolute atomic E-state index is 0.0680. The zero-order valence-electron chi connectivity index (χ0n) is 9.16. The Labute approximate surface area is 93.0 Å². The summed E-state index contributed by atoms with van der Waals surface area (Å²) in [5, 5.41) is 12.0. The number of anilines is 2. The second kappa shape index (κ2) is 4.36. The summed E-state index contributed by atoms with van der Waals surface area (Å²) in [5.74, 6) is 1.28. The van der Waals surface area contributed by atoms with Crippen LogP contribution in [0.15, 0.2) is 16.5 Å². The number of aliphatic hydroxyl groups is 1. The van der Waals surface area contributed by atoms with Crippen LogP contribution in [0, 0.1) is 0 Å². The van der Waals surface area contributed by atoms with E-state index in [-0.39, 0.29) is 6.61 Å². The normalized spacial score (nSPS) is 10.9. The number of nitrogens with zero attached hydrogens (tertiary/aromatic N) is 1. The van der Waals surface area contributed by atoms with Crippen LogP contribution in [0.25, 0.3) is 11.1 Å². The smallest absolute Gasteiger partial charge is 0.193 e. The van der Waals surface area contributed by atoms with Gasteiger partial charge in [0.2, 0.25) is 0 Å². The highest BCUT2D eigenvalue weighted by molar-refractivity contribution is 5.83. The van der Waals surface area contributed by atoms with Crippen LogP contribution < -0.4 is 16.5 Å². The van der Waals surface area contributed by atoms with Crippen LogP contribution in [0.4, 0.5) is 11.7 Å². The van der Waals surface area contributed by atoms with Crippen molar-refractivity contribution >= 4 is 22.8 Å². The fourth-order valence-corrected chi connectivity index (χ4v) is 1.65. The van der Waals surface area contributed by atoms with Gasteiger partial charge in [0.25, 0.3) is 0 Å². The molecule has 0 atom stereocenters. The first kappa shape index (κ1) is 10.7. The third-order valence-electron chi connectivity index (χ3n) is 2.25. The van der Waals surface area contributed by atoms with E-state index >= 15 is 0 Å². The molecule has 0 bridgehead atoms. The first-order valence-electron chi connectivity index (χ1n) is 5.25. The Bertz CT molecular complexity index is 474. The lowest BCUT2D eigenvalue weighted by atomic mass is 10.5. The van der Waals surface area contributed by atoms with Crippen molar-refractivity contribution in [2.45, 2.75) is 6.92 Å². The molecule has 0 unspecified atom stereocenters. The minimum atomic E-state index is 0.0680. The van der Waals surface area contributed by atoms with Gasteiger partial charge in [0.1, 0.15) is 11.3 Å². The Hall–Kier alpha value is -1.82. The molecular weight excluding hydrogens is 208 g/mol. The topological polar surface area (TPSA) is 88.4 Å². The van der Waals surface area contributed by atoms with Gasteiger partial charge < -0.3 is 26.0 Å². The highest BCUT2D eigenvalue weighted by Gasteiger charge is 2.11. The quantitative estimate of drug-likeness (QED) is 0.603. The molecule has 0 aromatic carbocycles. The van der Waals surface area contributed by atoms with E-state index in [4.69, 9.17) is 15.3 Å². The van der Waals surface area contributed by atoms with Gasteiger partial charge in [-0.1, -0.05) is 0 Å². The molecule has 2 rings (SSSR count). The number of furan rings is 1. The van der Waals surface area contributed by atoms with Crippen LogP contribution in [0.2, 0.25) is 0 Å². The van der Waals surface area contributed by atoms with E-state index in [1.54, 1.807) is 6.07 Å². The summed E-state index contributed by atoms with van der Waals surface area (Å²) in [6, 6.07) is 3.63. The lowest BCUT2D eigenvalue weighted by molar-refractivity contribution is 0.307. The maximum atomic E-state index is 8.82. The lowest BCUT2D eigenvalue weighted by Crippen LogP contribution is -2.20. The Morgan fingerprint density at radius 2 is 2.31 bits per heavy atom. The first-order chi connectivity index (χ1) is 7.76. The van der Waals surface area contributed by atoms with Crippen molar-refractivity contribution < 1.29 is 9.52 Å². The SMILES string of the molecule is CCNc1cc2oc(N)cc2n1NCCO. The molecule has 2 heterocycles. The average molecular weight is 224 g/mol. The van der Waals surface area contributed by atoms with Gasteiger partial charge in [-0.2, -0.15) is 0 Å². The molecule has 88 valence electrons. The second-order valence-electron chi connectivity index (χ2n) is 3.43. The number of rotatable bonds is 5. The van der Waals surface area contributed by atoms with E-state index in [0.717, 1.165) is 23.5 Å². The van der Waals surface area contributed by atoms with E-state index in [2.05, 4.69) is 10.7 Å². The minimum Gasteiger partial charge on any atom is -0.439 e. The molecule has 16 heavy (non-hydrogen) atoms. The average Bonchev–Trinajstić information content (AvgIpc) is 2.73. The van der Waals surface area contributed by atoms with Crippen LogP contribution in [0.3, 0.4) is 0 Å². The second-order valence-corrected chi connectivity index (χ2v) is 3.43. The fraction of sp³-hybridized carbons (Fsp3) is 0.400. The number of aromatic nitrogens is 1. The summed E-state index contributed by atoms with van der Waals surface area (Å²) in [4.78, 5) is 0. The zero-order valence-corrected chi connectivity index (χ0v) is 9.16. The Morgan fingerprint density at radius 3 is 3.00 bits per heavy atom. The van der Waals surface area contributed by atoms with Gasteiger partial charge in [-0.15, -0.1) is 0 Å². The number of hydrogen-bond donors (Lipinski definition) is 4. The Balaban J connectivity index is 2.40. The van der Waals surface area contributed by atoms with E-state index in [0.29, 0.717) is 12.4 Å². The van der Waals surface area contributed by atoms with Gasteiger partial charge in [-0.3, -0.25) is 0 Å². The van der Waals surface area contributed by atoms with Crippen molar-refractivity contribution in [3.63, 3.8) is 0 Å². The molecule has 0 saturated heterocycles. The van der Waals surface area contributed by atoms with Crippen LogP contribution in [0.1, 0.15) is 6.92 Å². The van der Waals surface area contributed by atoms with Gasteiger partial charge in [-0.25, -0.2) is 4.68 Å². The summed E-state index contributed by atoms with van der Waals surface area (Å²) in [6.45, 7) is 3.36. The maximum Gasteiger partial charge on any atom is 0.193 e.